The number of H-pyrrole nitrogens is 1. The van der Waals surface area contributed by atoms with E-state index in [0.717, 1.165) is 27.9 Å². The Morgan fingerprint density at radius 2 is 2.00 bits per heavy atom. The van der Waals surface area contributed by atoms with Crippen molar-refractivity contribution in [1.82, 2.24) is 20.4 Å². The molecule has 0 spiro atoms. The van der Waals surface area contributed by atoms with Crippen LogP contribution >= 0.6 is 0 Å². The third-order valence-electron chi connectivity index (χ3n) is 4.05. The molecule has 2 aromatic carbocycles. The Balaban J connectivity index is 1.45. The van der Waals surface area contributed by atoms with Gasteiger partial charge in [0.25, 0.3) is 0 Å². The molecule has 0 aliphatic heterocycles. The molecule has 0 saturated carbocycles. The lowest BCUT2D eigenvalue weighted by atomic mass is 10.1. The maximum Gasteiger partial charge on any atom is 0.321 e. The monoisotopic (exact) mass is 350 g/mol. The molecule has 0 aliphatic carbocycles. The lowest BCUT2D eigenvalue weighted by Gasteiger charge is -2.13. The van der Waals surface area contributed by atoms with Crippen LogP contribution in [0.3, 0.4) is 0 Å². The molecule has 8 nitrogen and oxygen atoms in total. The highest BCUT2D eigenvalue weighted by Crippen LogP contribution is 2.24. The van der Waals surface area contributed by atoms with Gasteiger partial charge in [0.1, 0.15) is 5.75 Å². The summed E-state index contributed by atoms with van der Waals surface area (Å²) >= 11 is 0. The number of nitrogens with one attached hydrogen (secondary N) is 3. The smallest absolute Gasteiger partial charge is 0.321 e. The molecule has 0 radical (unpaired) electrons. The van der Waals surface area contributed by atoms with E-state index in [4.69, 9.17) is 9.15 Å². The van der Waals surface area contributed by atoms with Crippen molar-refractivity contribution in [3.8, 4) is 5.75 Å². The standard InChI is InChI=1S/C18H18N6O2/c1-11(12-4-3-5-15(9-12)25-2)20-17-23-24-18(26-17)21-14-6-7-16-13(8-14)10-19-22-16/h3-11H,1-2H3,(H,19,22)(H,20,23)(H,21,24). The molecule has 0 aliphatic rings. The first-order chi connectivity index (χ1) is 12.7. The molecule has 132 valence electrons. The Morgan fingerprint density at radius 3 is 2.88 bits per heavy atom. The zero-order valence-electron chi connectivity index (χ0n) is 14.4. The van der Waals surface area contributed by atoms with Crippen molar-refractivity contribution < 1.29 is 9.15 Å². The Hall–Kier alpha value is -3.55. The molecule has 8 heteroatoms. The fourth-order valence-electron chi connectivity index (χ4n) is 2.66. The first kappa shape index (κ1) is 15.9. The highest BCUT2D eigenvalue weighted by atomic mass is 16.5. The fraction of sp³-hybridized carbons (Fsp3) is 0.167. The summed E-state index contributed by atoms with van der Waals surface area (Å²) in [5, 5.41) is 22.3. The van der Waals surface area contributed by atoms with Gasteiger partial charge in [0, 0.05) is 11.1 Å². The molecule has 26 heavy (non-hydrogen) atoms. The van der Waals surface area contributed by atoms with Crippen molar-refractivity contribution >= 4 is 28.6 Å². The average molecular weight is 350 g/mol. The minimum Gasteiger partial charge on any atom is -0.497 e. The molecule has 2 heterocycles. The molecule has 3 N–H and O–H groups in total. The number of hydrogen-bond donors (Lipinski definition) is 3. The summed E-state index contributed by atoms with van der Waals surface area (Å²) < 4.78 is 10.9. The topological polar surface area (TPSA) is 101 Å². The first-order valence-corrected chi connectivity index (χ1v) is 8.15. The van der Waals surface area contributed by atoms with Gasteiger partial charge in [-0.2, -0.15) is 5.10 Å². The Morgan fingerprint density at radius 1 is 1.12 bits per heavy atom. The van der Waals surface area contributed by atoms with E-state index in [9.17, 15) is 0 Å². The number of methoxy groups -OCH3 is 1. The van der Waals surface area contributed by atoms with Crippen molar-refractivity contribution in [2.45, 2.75) is 13.0 Å². The molecule has 4 aromatic rings. The third kappa shape index (κ3) is 3.30. The number of benzene rings is 2. The summed E-state index contributed by atoms with van der Waals surface area (Å²) in [7, 11) is 1.65. The van der Waals surface area contributed by atoms with Crippen molar-refractivity contribution in [2.75, 3.05) is 17.7 Å². The van der Waals surface area contributed by atoms with E-state index in [-0.39, 0.29) is 6.04 Å². The highest BCUT2D eigenvalue weighted by Gasteiger charge is 2.12. The van der Waals surface area contributed by atoms with Gasteiger partial charge in [-0.1, -0.05) is 22.3 Å². The number of ether oxygens (including phenoxy) is 1. The van der Waals surface area contributed by atoms with Gasteiger partial charge in [-0.15, -0.1) is 0 Å². The van der Waals surface area contributed by atoms with E-state index < -0.39 is 0 Å². The number of aromatic nitrogens is 4. The molecule has 1 unspecified atom stereocenters. The Kier molecular flexibility index (Phi) is 4.14. The van der Waals surface area contributed by atoms with Crippen LogP contribution in [0.15, 0.2) is 53.1 Å². The zero-order valence-corrected chi connectivity index (χ0v) is 14.4. The van der Waals surface area contributed by atoms with Gasteiger partial charge in [0.15, 0.2) is 0 Å². The average Bonchev–Trinajstić information content (AvgIpc) is 3.30. The maximum atomic E-state index is 5.63. The minimum absolute atomic E-state index is 0.0133. The molecule has 1 atom stereocenters. The summed E-state index contributed by atoms with van der Waals surface area (Å²) in [5.74, 6) is 0.804. The van der Waals surface area contributed by atoms with E-state index in [1.54, 1.807) is 13.3 Å². The van der Waals surface area contributed by atoms with E-state index >= 15 is 0 Å². The second kappa shape index (κ2) is 6.75. The summed E-state index contributed by atoms with van der Waals surface area (Å²) in [6, 6.07) is 14.3. The summed E-state index contributed by atoms with van der Waals surface area (Å²) in [5.41, 5.74) is 2.87. The summed E-state index contributed by atoms with van der Waals surface area (Å²) in [6.07, 6.45) is 1.76. The first-order valence-electron chi connectivity index (χ1n) is 8.15. The Bertz CT molecular complexity index is 1030. The maximum absolute atomic E-state index is 5.63. The number of nitrogens with zero attached hydrogens (tertiary/aromatic N) is 3. The van der Waals surface area contributed by atoms with Crippen molar-refractivity contribution in [3.05, 3.63) is 54.2 Å². The molecule has 0 fully saturated rings. The largest absolute Gasteiger partial charge is 0.497 e. The molecule has 0 bridgehead atoms. The molecular weight excluding hydrogens is 332 g/mol. The molecule has 0 saturated heterocycles. The number of aromatic amines is 1. The lowest BCUT2D eigenvalue weighted by molar-refractivity contribution is 0.414. The quantitative estimate of drug-likeness (QED) is 0.485. The van der Waals surface area contributed by atoms with E-state index in [1.807, 2.05) is 49.4 Å². The molecular formula is C18H18N6O2. The number of rotatable bonds is 6. The SMILES string of the molecule is COc1cccc(C(C)Nc2nnc(Nc3ccc4[nH]ncc4c3)o2)c1. The molecule has 2 aromatic heterocycles. The van der Waals surface area contributed by atoms with Crippen LogP contribution in [0.4, 0.5) is 17.7 Å². The van der Waals surface area contributed by atoms with Gasteiger partial charge < -0.3 is 19.8 Å². The minimum atomic E-state index is -0.0133. The van der Waals surface area contributed by atoms with Crippen molar-refractivity contribution in [1.29, 1.82) is 0 Å². The van der Waals surface area contributed by atoms with Crippen LogP contribution in [0, 0.1) is 0 Å². The van der Waals surface area contributed by atoms with Crippen LogP contribution < -0.4 is 15.4 Å². The van der Waals surface area contributed by atoms with Crippen LogP contribution in [0.5, 0.6) is 5.75 Å². The Labute approximate surface area is 149 Å². The van der Waals surface area contributed by atoms with E-state index in [2.05, 4.69) is 31.0 Å². The van der Waals surface area contributed by atoms with Gasteiger partial charge >= 0.3 is 12.0 Å². The van der Waals surface area contributed by atoms with Gasteiger partial charge in [-0.05, 0) is 42.8 Å². The normalized spacial score (nSPS) is 12.1. The van der Waals surface area contributed by atoms with Crippen molar-refractivity contribution in [3.63, 3.8) is 0 Å². The molecule has 4 rings (SSSR count). The van der Waals surface area contributed by atoms with Crippen LogP contribution in [0.25, 0.3) is 10.9 Å². The number of hydrogen-bond acceptors (Lipinski definition) is 7. The van der Waals surface area contributed by atoms with Gasteiger partial charge in [-0.25, -0.2) is 0 Å². The molecule has 0 amide bonds. The van der Waals surface area contributed by atoms with E-state index in [1.165, 1.54) is 0 Å². The fourth-order valence-corrected chi connectivity index (χ4v) is 2.66. The summed E-state index contributed by atoms with van der Waals surface area (Å²) in [6.45, 7) is 2.01. The van der Waals surface area contributed by atoms with Crippen LogP contribution in [0.2, 0.25) is 0 Å². The van der Waals surface area contributed by atoms with Crippen LogP contribution in [0.1, 0.15) is 18.5 Å². The number of fused-ring (bicyclic) bond motifs is 1. The predicted molar refractivity (Wildman–Crippen MR) is 98.7 cm³/mol. The predicted octanol–water partition coefficient (Wildman–Crippen LogP) is 3.87. The van der Waals surface area contributed by atoms with Gasteiger partial charge in [-0.3, -0.25) is 5.10 Å². The number of anilines is 3. The van der Waals surface area contributed by atoms with Crippen molar-refractivity contribution in [2.24, 2.45) is 0 Å². The zero-order chi connectivity index (χ0) is 17.9. The lowest BCUT2D eigenvalue weighted by Crippen LogP contribution is -2.06. The van der Waals surface area contributed by atoms with Gasteiger partial charge in [0.05, 0.1) is 24.9 Å². The summed E-state index contributed by atoms with van der Waals surface area (Å²) in [4.78, 5) is 0. The van der Waals surface area contributed by atoms with Crippen LogP contribution in [-0.4, -0.2) is 27.5 Å². The second-order valence-corrected chi connectivity index (χ2v) is 5.85. The third-order valence-corrected chi connectivity index (χ3v) is 4.05. The highest BCUT2D eigenvalue weighted by molar-refractivity contribution is 5.82. The van der Waals surface area contributed by atoms with Gasteiger partial charge in [0.2, 0.25) is 0 Å². The van der Waals surface area contributed by atoms with E-state index in [0.29, 0.717) is 12.0 Å². The van der Waals surface area contributed by atoms with Crippen LogP contribution in [-0.2, 0) is 0 Å². The second-order valence-electron chi connectivity index (χ2n) is 5.85.